The summed E-state index contributed by atoms with van der Waals surface area (Å²) >= 11 is 6.41. The number of sulfonamides is 1. The van der Waals surface area contributed by atoms with E-state index >= 15 is 0 Å². The summed E-state index contributed by atoms with van der Waals surface area (Å²) in [7, 11) is -2.42. The molecule has 1 fully saturated rings. The molecule has 1 N–H and O–H groups in total. The lowest BCUT2D eigenvalue weighted by atomic mass is 9.95. The largest absolute Gasteiger partial charge is 0.495 e. The molecule has 0 spiro atoms. The molecule has 1 aliphatic rings. The first-order chi connectivity index (χ1) is 17.7. The molecule has 37 heavy (non-hydrogen) atoms. The lowest BCUT2D eigenvalue weighted by Crippen LogP contribution is -2.54. The molecule has 0 aromatic heterocycles. The molecule has 0 aliphatic heterocycles. The van der Waals surface area contributed by atoms with Crippen LogP contribution in [0, 0.1) is 0 Å². The van der Waals surface area contributed by atoms with Crippen molar-refractivity contribution in [2.75, 3.05) is 24.2 Å². The van der Waals surface area contributed by atoms with Gasteiger partial charge in [0.1, 0.15) is 18.3 Å². The number of amides is 2. The van der Waals surface area contributed by atoms with E-state index in [1.165, 1.54) is 12.0 Å². The van der Waals surface area contributed by atoms with Gasteiger partial charge in [-0.1, -0.05) is 68.1 Å². The van der Waals surface area contributed by atoms with Crippen LogP contribution in [0.3, 0.4) is 0 Å². The standard InChI is InChI=1S/C27H36ClN3O5S/c1-4-23(27(33)29-21-13-6-5-7-14-21)30(18-20-12-8-9-15-22(20)28)26(32)19-31(37(3,34)35)24-16-10-11-17-25(24)36-2/h8-12,15-17,21,23H,4-7,13-14,18-19H2,1-3H3,(H,29,33)/t23-/m1/s1. The number of carbonyl (C=O) groups is 2. The molecular weight excluding hydrogens is 514 g/mol. The zero-order chi connectivity index (χ0) is 27.0. The minimum atomic E-state index is -3.86. The zero-order valence-corrected chi connectivity index (χ0v) is 23.2. The molecule has 10 heteroatoms. The minimum absolute atomic E-state index is 0.0681. The Labute approximate surface area is 225 Å². The highest BCUT2D eigenvalue weighted by Gasteiger charge is 2.33. The van der Waals surface area contributed by atoms with Gasteiger partial charge in [0.05, 0.1) is 19.1 Å². The molecule has 1 saturated carbocycles. The number of rotatable bonds is 11. The number of halogens is 1. The van der Waals surface area contributed by atoms with Crippen LogP contribution < -0.4 is 14.4 Å². The summed E-state index contributed by atoms with van der Waals surface area (Å²) in [6, 6.07) is 13.0. The number of hydrogen-bond acceptors (Lipinski definition) is 5. The minimum Gasteiger partial charge on any atom is -0.495 e. The van der Waals surface area contributed by atoms with Crippen LogP contribution >= 0.6 is 11.6 Å². The summed E-state index contributed by atoms with van der Waals surface area (Å²) < 4.78 is 32.0. The Balaban J connectivity index is 1.95. The first-order valence-corrected chi connectivity index (χ1v) is 14.8. The monoisotopic (exact) mass is 549 g/mol. The number of para-hydroxylation sites is 2. The van der Waals surface area contributed by atoms with Crippen LogP contribution in [0.15, 0.2) is 48.5 Å². The van der Waals surface area contributed by atoms with Gasteiger partial charge in [-0.2, -0.15) is 0 Å². The maximum absolute atomic E-state index is 13.8. The average molecular weight is 550 g/mol. The van der Waals surface area contributed by atoms with Gasteiger partial charge in [0, 0.05) is 17.6 Å². The molecule has 0 saturated heterocycles. The predicted molar refractivity (Wildman–Crippen MR) is 146 cm³/mol. The van der Waals surface area contributed by atoms with E-state index in [1.807, 2.05) is 13.0 Å². The second-order valence-corrected chi connectivity index (χ2v) is 11.6. The number of methoxy groups -OCH3 is 1. The Bertz CT molecular complexity index is 1180. The molecule has 0 heterocycles. The molecule has 0 radical (unpaired) electrons. The molecule has 0 bridgehead atoms. The molecular formula is C27H36ClN3O5S. The highest BCUT2D eigenvalue weighted by molar-refractivity contribution is 7.92. The van der Waals surface area contributed by atoms with Gasteiger partial charge in [-0.15, -0.1) is 0 Å². The third-order valence-electron chi connectivity index (χ3n) is 6.67. The van der Waals surface area contributed by atoms with Crippen LogP contribution in [0.25, 0.3) is 0 Å². The number of ether oxygens (including phenoxy) is 1. The number of benzene rings is 2. The average Bonchev–Trinajstić information content (AvgIpc) is 2.88. The van der Waals surface area contributed by atoms with Crippen LogP contribution in [0.2, 0.25) is 5.02 Å². The highest BCUT2D eigenvalue weighted by Crippen LogP contribution is 2.30. The third-order valence-corrected chi connectivity index (χ3v) is 8.16. The topological polar surface area (TPSA) is 96.0 Å². The molecule has 8 nitrogen and oxygen atoms in total. The number of anilines is 1. The second kappa shape index (κ2) is 13.1. The molecule has 2 aromatic carbocycles. The number of nitrogens with zero attached hydrogens (tertiary/aromatic N) is 2. The fourth-order valence-corrected chi connectivity index (χ4v) is 5.75. The second-order valence-electron chi connectivity index (χ2n) is 9.32. The van der Waals surface area contributed by atoms with E-state index in [9.17, 15) is 18.0 Å². The van der Waals surface area contributed by atoms with Crippen molar-refractivity contribution in [1.29, 1.82) is 0 Å². The maximum atomic E-state index is 13.8. The summed E-state index contributed by atoms with van der Waals surface area (Å²) in [5.74, 6) is -0.430. The van der Waals surface area contributed by atoms with Gasteiger partial charge in [-0.05, 0) is 43.0 Å². The summed E-state index contributed by atoms with van der Waals surface area (Å²) in [4.78, 5) is 28.7. The van der Waals surface area contributed by atoms with Gasteiger partial charge in [0.15, 0.2) is 0 Å². The first kappa shape index (κ1) is 28.8. The fourth-order valence-electron chi connectivity index (χ4n) is 4.70. The van der Waals surface area contributed by atoms with Crippen LogP contribution in [-0.4, -0.2) is 57.1 Å². The third kappa shape index (κ3) is 7.61. The van der Waals surface area contributed by atoms with E-state index < -0.39 is 28.5 Å². The number of hydrogen-bond donors (Lipinski definition) is 1. The van der Waals surface area contributed by atoms with E-state index in [2.05, 4.69) is 5.32 Å². The van der Waals surface area contributed by atoms with Gasteiger partial charge in [-0.3, -0.25) is 13.9 Å². The van der Waals surface area contributed by atoms with Gasteiger partial charge in [0.25, 0.3) is 0 Å². The Kier molecular flexibility index (Phi) is 10.2. The molecule has 2 aromatic rings. The van der Waals surface area contributed by atoms with Crippen LogP contribution in [0.1, 0.15) is 51.0 Å². The maximum Gasteiger partial charge on any atom is 0.244 e. The van der Waals surface area contributed by atoms with Crippen molar-refractivity contribution in [2.45, 2.75) is 64.1 Å². The molecule has 1 aliphatic carbocycles. The summed E-state index contributed by atoms with van der Waals surface area (Å²) in [6.45, 7) is 1.42. The zero-order valence-electron chi connectivity index (χ0n) is 21.7. The molecule has 3 rings (SSSR count). The van der Waals surface area contributed by atoms with E-state index in [-0.39, 0.29) is 24.2 Å². The Morgan fingerprint density at radius 3 is 2.35 bits per heavy atom. The molecule has 0 unspecified atom stereocenters. The smallest absolute Gasteiger partial charge is 0.244 e. The lowest BCUT2D eigenvalue weighted by molar-refractivity contribution is -0.140. The highest BCUT2D eigenvalue weighted by atomic mass is 35.5. The van der Waals surface area contributed by atoms with Gasteiger partial charge < -0.3 is 15.0 Å². The van der Waals surface area contributed by atoms with Crippen LogP contribution in [-0.2, 0) is 26.2 Å². The van der Waals surface area contributed by atoms with Crippen LogP contribution in [0.4, 0.5) is 5.69 Å². The molecule has 202 valence electrons. The molecule has 1 atom stereocenters. The van der Waals surface area contributed by atoms with Crippen molar-refractivity contribution < 1.29 is 22.7 Å². The van der Waals surface area contributed by atoms with Crippen LogP contribution in [0.5, 0.6) is 5.75 Å². The Hall–Kier alpha value is -2.78. The Morgan fingerprint density at radius 1 is 1.08 bits per heavy atom. The van der Waals surface area contributed by atoms with Crippen molar-refractivity contribution in [1.82, 2.24) is 10.2 Å². The van der Waals surface area contributed by atoms with Gasteiger partial charge >= 0.3 is 0 Å². The first-order valence-electron chi connectivity index (χ1n) is 12.6. The van der Waals surface area contributed by atoms with Crippen molar-refractivity contribution in [2.24, 2.45) is 0 Å². The fraction of sp³-hybridized carbons (Fsp3) is 0.481. The molecule has 2 amide bonds. The summed E-state index contributed by atoms with van der Waals surface area (Å²) in [5.41, 5.74) is 0.919. The van der Waals surface area contributed by atoms with Crippen molar-refractivity contribution >= 4 is 39.1 Å². The number of carbonyl (C=O) groups excluding carboxylic acids is 2. The van der Waals surface area contributed by atoms with Gasteiger partial charge in [0.2, 0.25) is 21.8 Å². The predicted octanol–water partition coefficient (Wildman–Crippen LogP) is 4.37. The lowest BCUT2D eigenvalue weighted by Gasteiger charge is -2.34. The van der Waals surface area contributed by atoms with E-state index in [1.54, 1.807) is 42.5 Å². The Morgan fingerprint density at radius 2 is 1.73 bits per heavy atom. The van der Waals surface area contributed by atoms with Crippen molar-refractivity contribution in [3.63, 3.8) is 0 Å². The van der Waals surface area contributed by atoms with E-state index in [4.69, 9.17) is 16.3 Å². The quantitative estimate of drug-likeness (QED) is 0.449. The van der Waals surface area contributed by atoms with Crippen molar-refractivity contribution in [3.8, 4) is 5.75 Å². The van der Waals surface area contributed by atoms with Crippen molar-refractivity contribution in [3.05, 3.63) is 59.1 Å². The van der Waals surface area contributed by atoms with E-state index in [0.29, 0.717) is 22.8 Å². The summed E-state index contributed by atoms with van der Waals surface area (Å²) in [6.07, 6.45) is 6.51. The SMILES string of the molecule is CC[C@H](C(=O)NC1CCCCC1)N(Cc1ccccc1Cl)C(=O)CN(c1ccccc1OC)S(C)(=O)=O. The van der Waals surface area contributed by atoms with Gasteiger partial charge in [-0.25, -0.2) is 8.42 Å². The normalized spacial score (nSPS) is 15.0. The summed E-state index contributed by atoms with van der Waals surface area (Å²) in [5, 5.41) is 3.59. The van der Waals surface area contributed by atoms with E-state index in [0.717, 1.165) is 42.7 Å². The number of nitrogens with one attached hydrogen (secondary N) is 1.